The van der Waals surface area contributed by atoms with Crippen molar-refractivity contribution in [3.63, 3.8) is 0 Å². The second kappa shape index (κ2) is 5.31. The molecule has 0 aliphatic rings. The highest BCUT2D eigenvalue weighted by atomic mass is 32.2. The van der Waals surface area contributed by atoms with Crippen molar-refractivity contribution in [1.29, 1.82) is 0 Å². The van der Waals surface area contributed by atoms with E-state index in [1.165, 1.54) is 18.2 Å². The van der Waals surface area contributed by atoms with Gasteiger partial charge in [0.1, 0.15) is 5.75 Å². The van der Waals surface area contributed by atoms with E-state index in [1.807, 2.05) is 6.92 Å². The van der Waals surface area contributed by atoms with Gasteiger partial charge in [0.2, 0.25) is 5.88 Å². The molecule has 0 saturated carbocycles. The number of rotatable bonds is 5. The molecule has 19 heavy (non-hydrogen) atoms. The van der Waals surface area contributed by atoms with Crippen LogP contribution in [0.3, 0.4) is 0 Å². The Balaban J connectivity index is 2.19. The molecule has 102 valence electrons. The summed E-state index contributed by atoms with van der Waals surface area (Å²) in [5.74, 6) is 0.711. The van der Waals surface area contributed by atoms with E-state index in [2.05, 4.69) is 9.88 Å². The van der Waals surface area contributed by atoms with Gasteiger partial charge in [0.05, 0.1) is 17.2 Å². The standard InChI is InChI=1S/C12H14N2O4S/c1-3-17-10-4-6-11(7-5-10)19(15,16)14-12-8-9(2)13-18-12/h4-8,14H,3H2,1-2H3. The molecule has 1 heterocycles. The number of nitrogens with zero attached hydrogens (tertiary/aromatic N) is 1. The molecule has 1 aromatic carbocycles. The molecular formula is C12H14N2O4S. The van der Waals surface area contributed by atoms with Crippen molar-refractivity contribution in [2.75, 3.05) is 11.3 Å². The molecule has 7 heteroatoms. The van der Waals surface area contributed by atoms with Gasteiger partial charge in [-0.15, -0.1) is 0 Å². The number of hydrogen-bond acceptors (Lipinski definition) is 5. The van der Waals surface area contributed by atoms with Crippen LogP contribution in [0.25, 0.3) is 0 Å². The Labute approximate surface area is 111 Å². The van der Waals surface area contributed by atoms with Gasteiger partial charge in [-0.2, -0.15) is 0 Å². The van der Waals surface area contributed by atoms with Gasteiger partial charge < -0.3 is 9.26 Å². The Bertz CT molecular complexity index is 647. The Morgan fingerprint density at radius 2 is 2.00 bits per heavy atom. The van der Waals surface area contributed by atoms with Gasteiger partial charge in [0.15, 0.2) is 0 Å². The second-order valence-electron chi connectivity index (χ2n) is 3.84. The van der Waals surface area contributed by atoms with Crippen molar-refractivity contribution in [2.24, 2.45) is 0 Å². The zero-order valence-electron chi connectivity index (χ0n) is 10.6. The quantitative estimate of drug-likeness (QED) is 0.909. The molecule has 2 aromatic rings. The van der Waals surface area contributed by atoms with E-state index in [4.69, 9.17) is 9.26 Å². The molecule has 0 fully saturated rings. The molecule has 0 bridgehead atoms. The van der Waals surface area contributed by atoms with Gasteiger partial charge in [-0.05, 0) is 38.1 Å². The molecular weight excluding hydrogens is 268 g/mol. The molecule has 0 amide bonds. The van der Waals surface area contributed by atoms with E-state index < -0.39 is 10.0 Å². The van der Waals surface area contributed by atoms with E-state index in [-0.39, 0.29) is 10.8 Å². The zero-order valence-corrected chi connectivity index (χ0v) is 11.4. The highest BCUT2D eigenvalue weighted by Gasteiger charge is 2.16. The van der Waals surface area contributed by atoms with Crippen LogP contribution in [0.5, 0.6) is 5.75 Å². The van der Waals surface area contributed by atoms with Crippen LogP contribution >= 0.6 is 0 Å². The van der Waals surface area contributed by atoms with Gasteiger partial charge in [0, 0.05) is 6.07 Å². The highest BCUT2D eigenvalue weighted by molar-refractivity contribution is 7.92. The molecule has 0 atom stereocenters. The minimum Gasteiger partial charge on any atom is -0.494 e. The van der Waals surface area contributed by atoms with Crippen LogP contribution in [0, 0.1) is 6.92 Å². The zero-order chi connectivity index (χ0) is 13.9. The Morgan fingerprint density at radius 3 is 2.53 bits per heavy atom. The maximum absolute atomic E-state index is 12.0. The van der Waals surface area contributed by atoms with Crippen molar-refractivity contribution in [1.82, 2.24) is 5.16 Å². The fraction of sp³-hybridized carbons (Fsp3) is 0.250. The van der Waals surface area contributed by atoms with Crippen LogP contribution < -0.4 is 9.46 Å². The van der Waals surface area contributed by atoms with E-state index in [0.717, 1.165) is 0 Å². The molecule has 0 radical (unpaired) electrons. The lowest BCUT2D eigenvalue weighted by atomic mass is 10.3. The predicted octanol–water partition coefficient (Wildman–Crippen LogP) is 2.18. The normalized spacial score (nSPS) is 11.3. The molecule has 1 aromatic heterocycles. The van der Waals surface area contributed by atoms with Crippen molar-refractivity contribution >= 4 is 15.9 Å². The van der Waals surface area contributed by atoms with Gasteiger partial charge in [0.25, 0.3) is 10.0 Å². The third kappa shape index (κ3) is 3.25. The van der Waals surface area contributed by atoms with E-state index in [9.17, 15) is 8.42 Å². The fourth-order valence-electron chi connectivity index (χ4n) is 1.48. The van der Waals surface area contributed by atoms with Crippen molar-refractivity contribution in [2.45, 2.75) is 18.7 Å². The lowest BCUT2D eigenvalue weighted by Crippen LogP contribution is -2.12. The van der Waals surface area contributed by atoms with Crippen LogP contribution in [0.15, 0.2) is 39.8 Å². The molecule has 2 rings (SSSR count). The average Bonchev–Trinajstić information content (AvgIpc) is 2.75. The van der Waals surface area contributed by atoms with Gasteiger partial charge in [-0.3, -0.25) is 0 Å². The summed E-state index contributed by atoms with van der Waals surface area (Å²) >= 11 is 0. The monoisotopic (exact) mass is 282 g/mol. The minimum atomic E-state index is -3.67. The van der Waals surface area contributed by atoms with Gasteiger partial charge >= 0.3 is 0 Å². The summed E-state index contributed by atoms with van der Waals surface area (Å²) in [5.41, 5.74) is 0.601. The summed E-state index contributed by atoms with van der Waals surface area (Å²) in [4.78, 5) is 0.130. The number of sulfonamides is 1. The summed E-state index contributed by atoms with van der Waals surface area (Å²) in [5, 5.41) is 3.61. The molecule has 0 spiro atoms. The van der Waals surface area contributed by atoms with Gasteiger partial charge in [-0.1, -0.05) is 5.16 Å². The molecule has 0 unspecified atom stereocenters. The summed E-state index contributed by atoms with van der Waals surface area (Å²) in [6, 6.07) is 7.65. The topological polar surface area (TPSA) is 81.4 Å². The Morgan fingerprint density at radius 1 is 1.32 bits per heavy atom. The van der Waals surface area contributed by atoms with E-state index in [1.54, 1.807) is 19.1 Å². The first-order valence-corrected chi connectivity index (χ1v) is 7.18. The third-order valence-electron chi connectivity index (χ3n) is 2.31. The largest absolute Gasteiger partial charge is 0.494 e. The average molecular weight is 282 g/mol. The SMILES string of the molecule is CCOc1ccc(S(=O)(=O)Nc2cc(C)no2)cc1. The Hall–Kier alpha value is -2.02. The summed E-state index contributed by atoms with van der Waals surface area (Å²) in [6.45, 7) is 4.10. The number of nitrogens with one attached hydrogen (secondary N) is 1. The lowest BCUT2D eigenvalue weighted by molar-refractivity contribution is 0.340. The molecule has 0 aliphatic heterocycles. The van der Waals surface area contributed by atoms with E-state index >= 15 is 0 Å². The summed E-state index contributed by atoms with van der Waals surface area (Å²) in [7, 11) is -3.67. The Kier molecular flexibility index (Phi) is 3.75. The number of ether oxygens (including phenoxy) is 1. The third-order valence-corrected chi connectivity index (χ3v) is 3.67. The highest BCUT2D eigenvalue weighted by Crippen LogP contribution is 2.19. The smallest absolute Gasteiger partial charge is 0.264 e. The van der Waals surface area contributed by atoms with Crippen LogP contribution in [0.4, 0.5) is 5.88 Å². The molecule has 0 saturated heterocycles. The lowest BCUT2D eigenvalue weighted by Gasteiger charge is -2.06. The molecule has 1 N–H and O–H groups in total. The van der Waals surface area contributed by atoms with Crippen LogP contribution in [-0.4, -0.2) is 20.2 Å². The first-order valence-electron chi connectivity index (χ1n) is 5.70. The first-order chi connectivity index (χ1) is 9.01. The number of anilines is 1. The maximum atomic E-state index is 12.0. The van der Waals surface area contributed by atoms with E-state index in [0.29, 0.717) is 18.1 Å². The molecule has 0 aliphatic carbocycles. The summed E-state index contributed by atoms with van der Waals surface area (Å²) in [6.07, 6.45) is 0. The number of hydrogen-bond donors (Lipinski definition) is 1. The van der Waals surface area contributed by atoms with Gasteiger partial charge in [-0.25, -0.2) is 13.1 Å². The van der Waals surface area contributed by atoms with Crippen molar-refractivity contribution in [3.05, 3.63) is 36.0 Å². The van der Waals surface area contributed by atoms with Crippen LogP contribution in [-0.2, 0) is 10.0 Å². The van der Waals surface area contributed by atoms with Crippen LogP contribution in [0.2, 0.25) is 0 Å². The maximum Gasteiger partial charge on any atom is 0.264 e. The first kappa shape index (κ1) is 13.4. The van der Waals surface area contributed by atoms with Crippen molar-refractivity contribution < 1.29 is 17.7 Å². The number of aromatic nitrogens is 1. The number of benzene rings is 1. The van der Waals surface area contributed by atoms with Crippen molar-refractivity contribution in [3.8, 4) is 5.75 Å². The fourth-order valence-corrected chi connectivity index (χ4v) is 2.46. The summed E-state index contributed by atoms with van der Waals surface area (Å²) < 4.78 is 36.5. The molecule has 6 nitrogen and oxygen atoms in total. The minimum absolute atomic E-state index is 0.0892. The van der Waals surface area contributed by atoms with Crippen LogP contribution in [0.1, 0.15) is 12.6 Å². The second-order valence-corrected chi connectivity index (χ2v) is 5.52. The predicted molar refractivity (Wildman–Crippen MR) is 69.7 cm³/mol. The number of aryl methyl sites for hydroxylation is 1.